The van der Waals surface area contributed by atoms with Crippen LogP contribution < -0.4 is 15.5 Å². The molecule has 2 fully saturated rings. The number of piperazine rings is 1. The lowest BCUT2D eigenvalue weighted by atomic mass is 10.1. The number of thiazole rings is 1. The second-order valence-corrected chi connectivity index (χ2v) is 8.21. The van der Waals surface area contributed by atoms with Crippen LogP contribution in [0.5, 0.6) is 0 Å². The summed E-state index contributed by atoms with van der Waals surface area (Å²) in [5.41, 5.74) is 3.39. The first-order valence-electron chi connectivity index (χ1n) is 9.50. The molecule has 5 rings (SSSR count). The van der Waals surface area contributed by atoms with Gasteiger partial charge in [-0.1, -0.05) is 30.3 Å². The largest absolute Gasteiger partial charge is 0.364 e. The number of nitrogens with one attached hydrogen (secondary N) is 2. The first-order valence-corrected chi connectivity index (χ1v) is 10.4. The molecule has 6 heteroatoms. The smallest absolute Gasteiger partial charge is 0.186 e. The van der Waals surface area contributed by atoms with E-state index in [4.69, 9.17) is 4.98 Å². The molecule has 1 aromatic carbocycles. The maximum atomic E-state index is 4.92. The molecule has 2 unspecified atom stereocenters. The van der Waals surface area contributed by atoms with E-state index in [0.717, 1.165) is 35.3 Å². The van der Waals surface area contributed by atoms with Crippen LogP contribution >= 0.6 is 11.3 Å². The second kappa shape index (κ2) is 6.94. The molecular weight excluding hydrogens is 354 g/mol. The fourth-order valence-electron chi connectivity index (χ4n) is 4.04. The Labute approximate surface area is 163 Å². The Kier molecular flexibility index (Phi) is 4.30. The summed E-state index contributed by atoms with van der Waals surface area (Å²) in [6.07, 6.45) is 3.10. The third-order valence-electron chi connectivity index (χ3n) is 5.51. The van der Waals surface area contributed by atoms with Gasteiger partial charge in [-0.15, -0.1) is 11.3 Å². The molecule has 0 spiro atoms. The third kappa shape index (κ3) is 3.31. The van der Waals surface area contributed by atoms with Crippen LogP contribution in [0.15, 0.2) is 54.0 Å². The van der Waals surface area contributed by atoms with Crippen molar-refractivity contribution in [2.45, 2.75) is 31.5 Å². The van der Waals surface area contributed by atoms with Gasteiger partial charge in [-0.25, -0.2) is 9.97 Å². The molecule has 3 atom stereocenters. The summed E-state index contributed by atoms with van der Waals surface area (Å²) in [6.45, 7) is 4.32. The standard InChI is InChI=1S/C21H23N5S/c1-14(15-5-3-2-4-6-15)24-20-9-16(7-8-22-20)19-13-27-21(25-19)26-12-17-10-18(26)11-23-17/h2-9,13-14,17-18,23H,10-12H2,1H3,(H,22,24)/t14-,17?,18?/m0/s1. The zero-order valence-corrected chi connectivity index (χ0v) is 16.1. The zero-order chi connectivity index (χ0) is 18.2. The van der Waals surface area contributed by atoms with Crippen molar-refractivity contribution in [1.82, 2.24) is 15.3 Å². The predicted octanol–water partition coefficient (Wildman–Crippen LogP) is 3.93. The highest BCUT2D eigenvalue weighted by Gasteiger charge is 2.38. The summed E-state index contributed by atoms with van der Waals surface area (Å²) in [5, 5.41) is 10.4. The van der Waals surface area contributed by atoms with Crippen LogP contribution in [0.4, 0.5) is 10.9 Å². The van der Waals surface area contributed by atoms with Crippen LogP contribution in [0, 0.1) is 0 Å². The zero-order valence-electron chi connectivity index (χ0n) is 15.3. The normalized spacial score (nSPS) is 22.2. The molecule has 2 bridgehead atoms. The minimum absolute atomic E-state index is 0.201. The topological polar surface area (TPSA) is 53.1 Å². The number of rotatable bonds is 5. The van der Waals surface area contributed by atoms with E-state index in [1.807, 2.05) is 18.3 Å². The molecule has 2 aliphatic heterocycles. The molecule has 0 radical (unpaired) electrons. The molecule has 0 amide bonds. The number of aromatic nitrogens is 2. The molecular formula is C21H23N5S. The van der Waals surface area contributed by atoms with Gasteiger partial charge in [-0.05, 0) is 31.0 Å². The fraction of sp³-hybridized carbons (Fsp3) is 0.333. The average Bonchev–Trinajstić information content (AvgIpc) is 3.45. The van der Waals surface area contributed by atoms with Gasteiger partial charge in [0.05, 0.1) is 5.69 Å². The highest BCUT2D eigenvalue weighted by Crippen LogP contribution is 2.34. The molecule has 5 nitrogen and oxygen atoms in total. The number of anilines is 2. The molecule has 0 aliphatic carbocycles. The quantitative estimate of drug-likeness (QED) is 0.706. The van der Waals surface area contributed by atoms with Crippen LogP contribution in [0.25, 0.3) is 11.3 Å². The molecule has 2 aromatic heterocycles. The van der Waals surface area contributed by atoms with Crippen LogP contribution in [0.1, 0.15) is 24.9 Å². The van der Waals surface area contributed by atoms with Crippen LogP contribution in [0.2, 0.25) is 0 Å². The first-order chi connectivity index (χ1) is 13.3. The summed E-state index contributed by atoms with van der Waals surface area (Å²) in [5.74, 6) is 0.878. The Bertz CT molecular complexity index is 925. The Morgan fingerprint density at radius 1 is 1.26 bits per heavy atom. The number of nitrogens with zero attached hydrogens (tertiary/aromatic N) is 3. The molecule has 27 heavy (non-hydrogen) atoms. The van der Waals surface area contributed by atoms with Gasteiger partial charge in [0, 0.05) is 48.4 Å². The van der Waals surface area contributed by atoms with Gasteiger partial charge in [0.1, 0.15) is 5.82 Å². The SMILES string of the molecule is C[C@H](Nc1cc(-c2csc(N3CC4CC3CN4)n2)ccn1)c1ccccc1. The average molecular weight is 378 g/mol. The molecule has 0 saturated carbocycles. The maximum Gasteiger partial charge on any atom is 0.186 e. The molecule has 2 saturated heterocycles. The Morgan fingerprint density at radius 2 is 2.15 bits per heavy atom. The predicted molar refractivity (Wildman–Crippen MR) is 111 cm³/mol. The van der Waals surface area contributed by atoms with Crippen molar-refractivity contribution < 1.29 is 0 Å². The number of fused-ring (bicyclic) bond motifs is 2. The maximum absolute atomic E-state index is 4.92. The lowest BCUT2D eigenvalue weighted by molar-refractivity contribution is 0.579. The van der Waals surface area contributed by atoms with Gasteiger partial charge in [0.2, 0.25) is 0 Å². The highest BCUT2D eigenvalue weighted by molar-refractivity contribution is 7.14. The molecule has 2 aliphatic rings. The van der Waals surface area contributed by atoms with Crippen molar-refractivity contribution >= 4 is 22.3 Å². The summed E-state index contributed by atoms with van der Waals surface area (Å²) in [6, 6.07) is 16.0. The number of benzene rings is 1. The van der Waals surface area contributed by atoms with Gasteiger partial charge < -0.3 is 15.5 Å². The van der Waals surface area contributed by atoms with Crippen LogP contribution in [0.3, 0.4) is 0 Å². The number of hydrogen-bond donors (Lipinski definition) is 2. The summed E-state index contributed by atoms with van der Waals surface area (Å²) in [7, 11) is 0. The van der Waals surface area contributed by atoms with Gasteiger partial charge in [0.25, 0.3) is 0 Å². The monoisotopic (exact) mass is 377 g/mol. The van der Waals surface area contributed by atoms with Gasteiger partial charge in [0.15, 0.2) is 5.13 Å². The number of pyridine rings is 1. The van der Waals surface area contributed by atoms with E-state index < -0.39 is 0 Å². The third-order valence-corrected chi connectivity index (χ3v) is 6.39. The van der Waals surface area contributed by atoms with Crippen molar-refractivity contribution in [2.24, 2.45) is 0 Å². The van der Waals surface area contributed by atoms with Crippen LogP contribution in [-0.2, 0) is 0 Å². The van der Waals surface area contributed by atoms with Crippen molar-refractivity contribution in [1.29, 1.82) is 0 Å². The molecule has 138 valence electrons. The minimum Gasteiger partial charge on any atom is -0.364 e. The van der Waals surface area contributed by atoms with E-state index in [9.17, 15) is 0 Å². The van der Waals surface area contributed by atoms with Crippen molar-refractivity contribution in [3.8, 4) is 11.3 Å². The van der Waals surface area contributed by atoms with E-state index >= 15 is 0 Å². The minimum atomic E-state index is 0.201. The number of hydrogen-bond acceptors (Lipinski definition) is 6. The lowest BCUT2D eigenvalue weighted by Gasteiger charge is -2.26. The van der Waals surface area contributed by atoms with Gasteiger partial charge in [-0.2, -0.15) is 0 Å². The summed E-state index contributed by atoms with van der Waals surface area (Å²) in [4.78, 5) is 11.9. The second-order valence-electron chi connectivity index (χ2n) is 7.37. The first kappa shape index (κ1) is 16.7. The highest BCUT2D eigenvalue weighted by atomic mass is 32.1. The van der Waals surface area contributed by atoms with Crippen molar-refractivity contribution in [3.63, 3.8) is 0 Å². The van der Waals surface area contributed by atoms with Gasteiger partial charge in [-0.3, -0.25) is 0 Å². The van der Waals surface area contributed by atoms with E-state index in [1.165, 1.54) is 12.0 Å². The summed E-state index contributed by atoms with van der Waals surface area (Å²) >= 11 is 1.74. The Balaban J connectivity index is 1.33. The van der Waals surface area contributed by atoms with E-state index in [1.54, 1.807) is 11.3 Å². The van der Waals surface area contributed by atoms with Crippen LogP contribution in [-0.4, -0.2) is 35.1 Å². The lowest BCUT2D eigenvalue weighted by Crippen LogP contribution is -2.43. The van der Waals surface area contributed by atoms with E-state index in [2.05, 4.69) is 63.2 Å². The fourth-order valence-corrected chi connectivity index (χ4v) is 4.96. The Morgan fingerprint density at radius 3 is 2.93 bits per heavy atom. The molecule has 3 aromatic rings. The van der Waals surface area contributed by atoms with E-state index in [0.29, 0.717) is 12.1 Å². The van der Waals surface area contributed by atoms with Crippen molar-refractivity contribution in [2.75, 3.05) is 23.3 Å². The summed E-state index contributed by atoms with van der Waals surface area (Å²) < 4.78 is 0. The van der Waals surface area contributed by atoms with Crippen molar-refractivity contribution in [3.05, 3.63) is 59.6 Å². The van der Waals surface area contributed by atoms with Gasteiger partial charge >= 0.3 is 0 Å². The Hall–Kier alpha value is -2.44. The molecule has 4 heterocycles. The molecule has 2 N–H and O–H groups in total. The van der Waals surface area contributed by atoms with E-state index in [-0.39, 0.29) is 6.04 Å².